The van der Waals surface area contributed by atoms with Gasteiger partial charge in [-0.05, 0) is 54.7 Å². The van der Waals surface area contributed by atoms with E-state index in [9.17, 15) is 9.59 Å². The van der Waals surface area contributed by atoms with Gasteiger partial charge in [-0.25, -0.2) is 0 Å². The molecule has 2 aromatic rings. The standard InChI is InChI=1S/C25H31N5O3.HI/c1-26-25(27-16-18-9-11-21(12-10-18)30-13-3-8-23(30)31)28-17-19-5-2-6-20(15-19)29-24(32)22-7-4-14-33-22;/h2,5-6,9-12,15,22H,3-4,7-8,13-14,16-17H2,1H3,(H,29,32)(H2,26,27,28);1H. The van der Waals surface area contributed by atoms with Gasteiger partial charge in [0.1, 0.15) is 6.10 Å². The van der Waals surface area contributed by atoms with Crippen LogP contribution in [0.2, 0.25) is 0 Å². The molecule has 2 aromatic carbocycles. The summed E-state index contributed by atoms with van der Waals surface area (Å²) in [5.74, 6) is 0.791. The molecule has 0 radical (unpaired) electrons. The summed E-state index contributed by atoms with van der Waals surface area (Å²) in [5, 5.41) is 9.55. The fourth-order valence-corrected chi connectivity index (χ4v) is 4.07. The molecule has 2 amide bonds. The van der Waals surface area contributed by atoms with Gasteiger partial charge in [0.05, 0.1) is 0 Å². The van der Waals surface area contributed by atoms with Gasteiger partial charge in [0.2, 0.25) is 5.91 Å². The van der Waals surface area contributed by atoms with Crippen molar-refractivity contribution in [2.75, 3.05) is 30.4 Å². The topological polar surface area (TPSA) is 95.1 Å². The number of carbonyl (C=O) groups excluding carboxylic acids is 2. The molecule has 1 atom stereocenters. The Morgan fingerprint density at radius 1 is 1.09 bits per heavy atom. The number of anilines is 2. The number of amides is 2. The summed E-state index contributed by atoms with van der Waals surface area (Å²) in [5.41, 5.74) is 3.85. The molecule has 2 aliphatic rings. The highest BCUT2D eigenvalue weighted by molar-refractivity contribution is 14.0. The third kappa shape index (κ3) is 6.92. The molecule has 2 aliphatic heterocycles. The number of halogens is 1. The second kappa shape index (κ2) is 12.7. The van der Waals surface area contributed by atoms with Crippen LogP contribution in [0.3, 0.4) is 0 Å². The van der Waals surface area contributed by atoms with Crippen LogP contribution in [0.5, 0.6) is 0 Å². The molecule has 2 heterocycles. The quantitative estimate of drug-likeness (QED) is 0.267. The summed E-state index contributed by atoms with van der Waals surface area (Å²) in [7, 11) is 1.73. The van der Waals surface area contributed by atoms with Crippen molar-refractivity contribution in [3.63, 3.8) is 0 Å². The number of hydrogen-bond donors (Lipinski definition) is 3. The van der Waals surface area contributed by atoms with Gasteiger partial charge in [0, 0.05) is 51.1 Å². The normalized spacial score (nSPS) is 17.9. The first kappa shape index (κ1) is 26.0. The highest BCUT2D eigenvalue weighted by atomic mass is 127. The Kier molecular flexibility index (Phi) is 9.70. The molecule has 2 saturated heterocycles. The zero-order valence-electron chi connectivity index (χ0n) is 19.4. The van der Waals surface area contributed by atoms with Crippen molar-refractivity contribution in [2.24, 2.45) is 4.99 Å². The molecule has 0 bridgehead atoms. The monoisotopic (exact) mass is 577 g/mol. The van der Waals surface area contributed by atoms with E-state index < -0.39 is 0 Å². The van der Waals surface area contributed by atoms with E-state index in [0.717, 1.165) is 48.3 Å². The number of aliphatic imine (C=N–C) groups is 1. The summed E-state index contributed by atoms with van der Waals surface area (Å²) in [6.45, 7) is 2.63. The predicted octanol–water partition coefficient (Wildman–Crippen LogP) is 3.41. The number of guanidine groups is 1. The number of ether oxygens (including phenoxy) is 1. The third-order valence-corrected chi connectivity index (χ3v) is 5.88. The lowest BCUT2D eigenvalue weighted by Crippen LogP contribution is -2.36. The van der Waals surface area contributed by atoms with Gasteiger partial charge >= 0.3 is 0 Å². The van der Waals surface area contributed by atoms with Crippen LogP contribution in [-0.4, -0.2) is 44.1 Å². The average Bonchev–Trinajstić information content (AvgIpc) is 3.52. The van der Waals surface area contributed by atoms with E-state index in [2.05, 4.69) is 20.9 Å². The number of nitrogens with zero attached hydrogens (tertiary/aromatic N) is 2. The SMILES string of the molecule is CN=C(NCc1ccc(N2CCCC2=O)cc1)NCc1cccc(NC(=O)C2CCCO2)c1.I. The minimum absolute atomic E-state index is 0. The van der Waals surface area contributed by atoms with Gasteiger partial charge in [0.25, 0.3) is 5.91 Å². The summed E-state index contributed by atoms with van der Waals surface area (Å²) < 4.78 is 5.45. The fraction of sp³-hybridized carbons (Fsp3) is 0.400. The molecule has 1 unspecified atom stereocenters. The van der Waals surface area contributed by atoms with Crippen molar-refractivity contribution >= 4 is 53.1 Å². The van der Waals surface area contributed by atoms with E-state index in [1.165, 1.54) is 0 Å². The van der Waals surface area contributed by atoms with Crippen LogP contribution in [0.15, 0.2) is 53.5 Å². The van der Waals surface area contributed by atoms with Crippen LogP contribution in [0.25, 0.3) is 0 Å². The third-order valence-electron chi connectivity index (χ3n) is 5.88. The van der Waals surface area contributed by atoms with Gasteiger partial charge in [-0.2, -0.15) is 0 Å². The van der Waals surface area contributed by atoms with Crippen molar-refractivity contribution in [2.45, 2.75) is 44.9 Å². The Labute approximate surface area is 217 Å². The van der Waals surface area contributed by atoms with Gasteiger partial charge in [-0.15, -0.1) is 24.0 Å². The van der Waals surface area contributed by atoms with E-state index in [1.807, 2.05) is 53.4 Å². The van der Waals surface area contributed by atoms with E-state index in [-0.39, 0.29) is 41.9 Å². The van der Waals surface area contributed by atoms with Gasteiger partial charge in [-0.1, -0.05) is 24.3 Å². The van der Waals surface area contributed by atoms with Gasteiger partial charge < -0.3 is 25.6 Å². The van der Waals surface area contributed by atoms with Crippen LogP contribution >= 0.6 is 24.0 Å². The Balaban J connectivity index is 0.00000324. The molecule has 8 nitrogen and oxygen atoms in total. The summed E-state index contributed by atoms with van der Waals surface area (Å²) in [4.78, 5) is 30.3. The number of benzene rings is 2. The fourth-order valence-electron chi connectivity index (χ4n) is 4.07. The van der Waals surface area contributed by atoms with Crippen LogP contribution in [0.4, 0.5) is 11.4 Å². The first-order valence-electron chi connectivity index (χ1n) is 11.5. The van der Waals surface area contributed by atoms with E-state index in [1.54, 1.807) is 7.05 Å². The molecule has 182 valence electrons. The number of carbonyl (C=O) groups is 2. The van der Waals surface area contributed by atoms with Crippen LogP contribution < -0.4 is 20.9 Å². The van der Waals surface area contributed by atoms with E-state index in [4.69, 9.17) is 4.74 Å². The highest BCUT2D eigenvalue weighted by Gasteiger charge is 2.23. The molecule has 0 aromatic heterocycles. The lowest BCUT2D eigenvalue weighted by atomic mass is 10.2. The zero-order valence-corrected chi connectivity index (χ0v) is 21.7. The number of nitrogens with one attached hydrogen (secondary N) is 3. The molecule has 34 heavy (non-hydrogen) atoms. The summed E-state index contributed by atoms with van der Waals surface area (Å²) >= 11 is 0. The van der Waals surface area contributed by atoms with Gasteiger partial charge in [0.15, 0.2) is 5.96 Å². The van der Waals surface area contributed by atoms with Crippen LogP contribution in [-0.2, 0) is 27.4 Å². The lowest BCUT2D eigenvalue weighted by molar-refractivity contribution is -0.124. The highest BCUT2D eigenvalue weighted by Crippen LogP contribution is 2.21. The van der Waals surface area contributed by atoms with E-state index >= 15 is 0 Å². The molecule has 0 spiro atoms. The van der Waals surface area contributed by atoms with Crippen LogP contribution in [0.1, 0.15) is 36.8 Å². The second-order valence-electron chi connectivity index (χ2n) is 8.29. The predicted molar refractivity (Wildman–Crippen MR) is 145 cm³/mol. The average molecular weight is 577 g/mol. The van der Waals surface area contributed by atoms with Crippen molar-refractivity contribution < 1.29 is 14.3 Å². The molecule has 4 rings (SSSR count). The molecule has 0 aliphatic carbocycles. The number of hydrogen-bond acceptors (Lipinski definition) is 4. The Hall–Kier alpha value is -2.66. The maximum absolute atomic E-state index is 12.3. The van der Waals surface area contributed by atoms with Crippen molar-refractivity contribution in [3.8, 4) is 0 Å². The first-order chi connectivity index (χ1) is 16.1. The van der Waals surface area contributed by atoms with Crippen molar-refractivity contribution in [1.29, 1.82) is 0 Å². The molecule has 9 heteroatoms. The lowest BCUT2D eigenvalue weighted by Gasteiger charge is -2.16. The summed E-state index contributed by atoms with van der Waals surface area (Å²) in [6.07, 6.45) is 2.91. The Bertz CT molecular complexity index is 1010. The first-order valence-corrected chi connectivity index (χ1v) is 11.5. The van der Waals surface area contributed by atoms with E-state index in [0.29, 0.717) is 32.1 Å². The minimum Gasteiger partial charge on any atom is -0.368 e. The molecule has 2 fully saturated rings. The van der Waals surface area contributed by atoms with Crippen molar-refractivity contribution in [3.05, 3.63) is 59.7 Å². The Morgan fingerprint density at radius 2 is 1.85 bits per heavy atom. The molecular formula is C25H32IN5O3. The van der Waals surface area contributed by atoms with Crippen LogP contribution in [0, 0.1) is 0 Å². The molecular weight excluding hydrogens is 545 g/mol. The largest absolute Gasteiger partial charge is 0.368 e. The maximum atomic E-state index is 12.3. The molecule has 0 saturated carbocycles. The number of rotatable bonds is 7. The minimum atomic E-state index is -0.347. The second-order valence-corrected chi connectivity index (χ2v) is 8.29. The summed E-state index contributed by atoms with van der Waals surface area (Å²) in [6, 6.07) is 15.8. The zero-order chi connectivity index (χ0) is 23.0. The smallest absolute Gasteiger partial charge is 0.253 e. The molecule has 3 N–H and O–H groups in total. The maximum Gasteiger partial charge on any atom is 0.253 e. The van der Waals surface area contributed by atoms with Gasteiger partial charge in [-0.3, -0.25) is 14.6 Å². The Morgan fingerprint density at radius 3 is 2.50 bits per heavy atom. The van der Waals surface area contributed by atoms with Crippen molar-refractivity contribution in [1.82, 2.24) is 10.6 Å².